The molecular weight excluding hydrogens is 441 g/mol. The minimum absolute atomic E-state index is 0.206. The highest BCUT2D eigenvalue weighted by atomic mass is 19.4. The van der Waals surface area contributed by atoms with E-state index in [1.54, 1.807) is 6.08 Å². The lowest BCUT2D eigenvalue weighted by molar-refractivity contribution is -0.274. The number of nitrogens with one attached hydrogen (secondary N) is 1. The van der Waals surface area contributed by atoms with Gasteiger partial charge in [0, 0.05) is 0 Å². The summed E-state index contributed by atoms with van der Waals surface area (Å²) in [4.78, 5) is 4.36. The number of benzene rings is 2. The van der Waals surface area contributed by atoms with Crippen LogP contribution in [0, 0.1) is 18.3 Å². The molecule has 1 heterocycles. The van der Waals surface area contributed by atoms with Gasteiger partial charge in [-0.05, 0) is 61.9 Å². The van der Waals surface area contributed by atoms with E-state index in [0.29, 0.717) is 11.5 Å². The standard InChI is InChI=1S/C18H21F3N2O2.C9H12/c1-4-11(2)12(3)9-15(22)17-23-16(10-24-17)13-5-7-14(8-6-13)25-18(19,20)21;1-3-9-6-4-8(2)5-7-9/h5-9,11,16,22H,4,10H2,1-3H3;4-7H,3H2,1-2H3/b12-9-,22-15?;. The summed E-state index contributed by atoms with van der Waals surface area (Å²) in [5, 5.41) is 8.09. The van der Waals surface area contributed by atoms with Crippen LogP contribution in [-0.2, 0) is 11.2 Å². The summed E-state index contributed by atoms with van der Waals surface area (Å²) in [6.45, 7) is 10.7. The topological polar surface area (TPSA) is 54.7 Å². The molecule has 0 aliphatic carbocycles. The molecule has 7 heteroatoms. The van der Waals surface area contributed by atoms with Crippen molar-refractivity contribution in [2.24, 2.45) is 10.9 Å². The van der Waals surface area contributed by atoms with Crippen molar-refractivity contribution in [3.8, 4) is 5.75 Å². The Kier molecular flexibility index (Phi) is 9.90. The molecule has 0 saturated carbocycles. The number of halogens is 3. The van der Waals surface area contributed by atoms with Crippen LogP contribution >= 0.6 is 0 Å². The molecular formula is C27H33F3N2O2. The van der Waals surface area contributed by atoms with E-state index < -0.39 is 6.36 Å². The van der Waals surface area contributed by atoms with Crippen LogP contribution in [0.5, 0.6) is 5.75 Å². The molecule has 0 bridgehead atoms. The highest BCUT2D eigenvalue weighted by molar-refractivity contribution is 6.42. The van der Waals surface area contributed by atoms with Gasteiger partial charge >= 0.3 is 6.36 Å². The number of allylic oxidation sites excluding steroid dienone is 1. The fourth-order valence-corrected chi connectivity index (χ4v) is 3.16. The number of rotatable bonds is 7. The summed E-state index contributed by atoms with van der Waals surface area (Å²) in [5.74, 6) is 0.349. The maximum atomic E-state index is 12.2. The zero-order valence-corrected chi connectivity index (χ0v) is 20.4. The first-order chi connectivity index (χ1) is 16.0. The molecule has 184 valence electrons. The molecule has 2 aromatic rings. The average molecular weight is 475 g/mol. The van der Waals surface area contributed by atoms with Gasteiger partial charge in [-0.2, -0.15) is 0 Å². The van der Waals surface area contributed by atoms with Crippen molar-refractivity contribution in [2.45, 2.75) is 59.9 Å². The van der Waals surface area contributed by atoms with Crippen LogP contribution in [0.15, 0.2) is 65.2 Å². The third-order valence-corrected chi connectivity index (χ3v) is 5.67. The Balaban J connectivity index is 0.000000379. The zero-order chi connectivity index (χ0) is 25.3. The van der Waals surface area contributed by atoms with E-state index >= 15 is 0 Å². The van der Waals surface area contributed by atoms with Crippen LogP contribution in [0.4, 0.5) is 13.2 Å². The number of alkyl halides is 3. The van der Waals surface area contributed by atoms with E-state index in [2.05, 4.69) is 61.7 Å². The van der Waals surface area contributed by atoms with Gasteiger partial charge in [0.1, 0.15) is 24.1 Å². The van der Waals surface area contributed by atoms with Gasteiger partial charge in [0.05, 0.1) is 0 Å². The number of hydrogen-bond acceptors (Lipinski definition) is 4. The van der Waals surface area contributed by atoms with Crippen molar-refractivity contribution in [2.75, 3.05) is 6.61 Å². The van der Waals surface area contributed by atoms with Gasteiger partial charge in [-0.3, -0.25) is 5.41 Å². The normalized spacial score (nSPS) is 16.6. The number of aliphatic imine (C=N–C) groups is 1. The number of nitrogens with zero attached hydrogens (tertiary/aromatic N) is 1. The van der Waals surface area contributed by atoms with Crippen LogP contribution < -0.4 is 4.74 Å². The first kappa shape index (κ1) is 27.2. The van der Waals surface area contributed by atoms with Crippen LogP contribution in [0.3, 0.4) is 0 Å². The molecule has 2 aromatic carbocycles. The fraction of sp³-hybridized carbons (Fsp3) is 0.407. The number of ether oxygens (including phenoxy) is 2. The van der Waals surface area contributed by atoms with Crippen molar-refractivity contribution < 1.29 is 22.6 Å². The van der Waals surface area contributed by atoms with Gasteiger partial charge in [-0.1, -0.05) is 68.3 Å². The molecule has 0 amide bonds. The summed E-state index contributed by atoms with van der Waals surface area (Å²) in [6, 6.07) is 13.8. The van der Waals surface area contributed by atoms with Crippen molar-refractivity contribution in [1.29, 1.82) is 5.41 Å². The molecule has 4 nitrogen and oxygen atoms in total. The molecule has 2 unspecified atom stereocenters. The Morgan fingerprint density at radius 1 is 1.15 bits per heavy atom. The van der Waals surface area contributed by atoms with Gasteiger partial charge in [0.2, 0.25) is 5.90 Å². The maximum absolute atomic E-state index is 12.2. The maximum Gasteiger partial charge on any atom is 0.573 e. The number of aryl methyl sites for hydroxylation is 2. The molecule has 2 atom stereocenters. The second-order valence-electron chi connectivity index (χ2n) is 8.33. The highest BCUT2D eigenvalue weighted by Gasteiger charge is 2.31. The van der Waals surface area contributed by atoms with Crippen LogP contribution in [0.1, 0.15) is 56.8 Å². The SMILES string of the molecule is CCC(C)/C(C)=C\C(=N)C1=NC(c2ccc(OC(F)(F)F)cc2)CO1.CCc1ccc(C)cc1. The molecule has 0 saturated heterocycles. The van der Waals surface area contributed by atoms with Gasteiger partial charge in [-0.15, -0.1) is 13.2 Å². The fourth-order valence-electron chi connectivity index (χ4n) is 3.16. The Morgan fingerprint density at radius 3 is 2.29 bits per heavy atom. The summed E-state index contributed by atoms with van der Waals surface area (Å²) < 4.78 is 45.9. The molecule has 1 N–H and O–H groups in total. The third-order valence-electron chi connectivity index (χ3n) is 5.67. The van der Waals surface area contributed by atoms with E-state index in [1.165, 1.54) is 35.4 Å². The van der Waals surface area contributed by atoms with Crippen molar-refractivity contribution in [3.63, 3.8) is 0 Å². The minimum Gasteiger partial charge on any atom is -0.474 e. The van der Waals surface area contributed by atoms with Crippen molar-refractivity contribution in [1.82, 2.24) is 0 Å². The second kappa shape index (κ2) is 12.4. The summed E-state index contributed by atoms with van der Waals surface area (Å²) in [6.07, 6.45) is -0.841. The highest BCUT2D eigenvalue weighted by Crippen LogP contribution is 2.28. The minimum atomic E-state index is -4.71. The lowest BCUT2D eigenvalue weighted by Gasteiger charge is -2.10. The van der Waals surface area contributed by atoms with Crippen LogP contribution in [0.25, 0.3) is 0 Å². The Morgan fingerprint density at radius 2 is 1.76 bits per heavy atom. The molecule has 0 radical (unpaired) electrons. The van der Waals surface area contributed by atoms with Crippen LogP contribution in [-0.4, -0.2) is 24.6 Å². The van der Waals surface area contributed by atoms with Crippen molar-refractivity contribution in [3.05, 3.63) is 76.9 Å². The van der Waals surface area contributed by atoms with E-state index in [9.17, 15) is 13.2 Å². The Bertz CT molecular complexity index is 994. The lowest BCUT2D eigenvalue weighted by atomic mass is 9.99. The van der Waals surface area contributed by atoms with E-state index in [4.69, 9.17) is 10.1 Å². The Hall–Kier alpha value is -3.09. The first-order valence-corrected chi connectivity index (χ1v) is 11.4. The smallest absolute Gasteiger partial charge is 0.474 e. The largest absolute Gasteiger partial charge is 0.573 e. The van der Waals surface area contributed by atoms with Gasteiger partial charge < -0.3 is 9.47 Å². The quantitative estimate of drug-likeness (QED) is 0.420. The van der Waals surface area contributed by atoms with Crippen molar-refractivity contribution >= 4 is 11.6 Å². The molecule has 0 spiro atoms. The average Bonchev–Trinajstić information content (AvgIpc) is 3.29. The summed E-state index contributed by atoms with van der Waals surface area (Å²) in [5.41, 5.74) is 4.75. The molecule has 0 fully saturated rings. The van der Waals surface area contributed by atoms with E-state index in [1.807, 2.05) is 6.92 Å². The Labute approximate surface area is 200 Å². The summed E-state index contributed by atoms with van der Waals surface area (Å²) >= 11 is 0. The molecule has 3 rings (SSSR count). The molecule has 34 heavy (non-hydrogen) atoms. The van der Waals surface area contributed by atoms with E-state index in [0.717, 1.165) is 18.4 Å². The van der Waals surface area contributed by atoms with E-state index in [-0.39, 0.29) is 30.0 Å². The summed E-state index contributed by atoms with van der Waals surface area (Å²) in [7, 11) is 0. The molecule has 0 aromatic heterocycles. The second-order valence-corrected chi connectivity index (χ2v) is 8.33. The van der Waals surface area contributed by atoms with Crippen LogP contribution in [0.2, 0.25) is 0 Å². The predicted octanol–water partition coefficient (Wildman–Crippen LogP) is 7.62. The van der Waals surface area contributed by atoms with Gasteiger partial charge in [-0.25, -0.2) is 4.99 Å². The zero-order valence-electron chi connectivity index (χ0n) is 20.4. The van der Waals surface area contributed by atoms with Gasteiger partial charge in [0.25, 0.3) is 0 Å². The predicted molar refractivity (Wildman–Crippen MR) is 131 cm³/mol. The monoisotopic (exact) mass is 474 g/mol. The first-order valence-electron chi connectivity index (χ1n) is 11.4. The third kappa shape index (κ3) is 8.69. The lowest BCUT2D eigenvalue weighted by Crippen LogP contribution is -2.17. The molecule has 1 aliphatic heterocycles. The molecule has 1 aliphatic rings. The number of hydrogen-bond donors (Lipinski definition) is 1. The van der Waals surface area contributed by atoms with Gasteiger partial charge in [0.15, 0.2) is 0 Å².